The molecule has 0 aliphatic rings. The Morgan fingerprint density at radius 1 is 1.31 bits per heavy atom. The molecule has 0 rings (SSSR count). The fraction of sp³-hybridized carbons (Fsp3) is 0.818. The Bertz CT molecular complexity index is 228. The van der Waals surface area contributed by atoms with E-state index in [2.05, 4.69) is 0 Å². The Balaban J connectivity index is 3.59. The van der Waals surface area contributed by atoms with Crippen molar-refractivity contribution in [2.45, 2.75) is 26.7 Å². The monoisotopic (exact) mass is 231 g/mol. The molecule has 5 nitrogen and oxygen atoms in total. The predicted octanol–water partition coefficient (Wildman–Crippen LogP) is 0.982. The van der Waals surface area contributed by atoms with Crippen molar-refractivity contribution >= 4 is 11.9 Å². The minimum atomic E-state index is -0.893. The second kappa shape index (κ2) is 8.10. The van der Waals surface area contributed by atoms with Crippen molar-refractivity contribution in [1.82, 2.24) is 4.90 Å². The van der Waals surface area contributed by atoms with Gasteiger partial charge in [-0.3, -0.25) is 9.59 Å². The van der Waals surface area contributed by atoms with Gasteiger partial charge in [0.25, 0.3) is 0 Å². The van der Waals surface area contributed by atoms with E-state index < -0.39 is 5.97 Å². The van der Waals surface area contributed by atoms with Gasteiger partial charge < -0.3 is 14.7 Å². The first kappa shape index (κ1) is 14.9. The SMILES string of the molecule is CC(C)COCCC(=O)N(C)CCC(=O)O. The Kier molecular flexibility index (Phi) is 7.54. The van der Waals surface area contributed by atoms with Crippen LogP contribution in [0.25, 0.3) is 0 Å². The van der Waals surface area contributed by atoms with Gasteiger partial charge in [-0.15, -0.1) is 0 Å². The summed E-state index contributed by atoms with van der Waals surface area (Å²) in [5, 5.41) is 8.46. The third-order valence-corrected chi connectivity index (χ3v) is 2.00. The van der Waals surface area contributed by atoms with Crippen LogP contribution >= 0.6 is 0 Å². The lowest BCUT2D eigenvalue weighted by molar-refractivity contribution is -0.138. The van der Waals surface area contributed by atoms with E-state index in [0.29, 0.717) is 25.6 Å². The Morgan fingerprint density at radius 3 is 2.44 bits per heavy atom. The molecule has 0 atom stereocenters. The van der Waals surface area contributed by atoms with E-state index in [0.717, 1.165) is 0 Å². The molecule has 0 aliphatic heterocycles. The highest BCUT2D eigenvalue weighted by atomic mass is 16.5. The summed E-state index contributed by atoms with van der Waals surface area (Å²) < 4.78 is 5.28. The topological polar surface area (TPSA) is 66.8 Å². The highest BCUT2D eigenvalue weighted by Crippen LogP contribution is 1.97. The summed E-state index contributed by atoms with van der Waals surface area (Å²) in [7, 11) is 1.60. The van der Waals surface area contributed by atoms with Gasteiger partial charge in [-0.25, -0.2) is 0 Å². The molecule has 0 heterocycles. The van der Waals surface area contributed by atoms with Gasteiger partial charge in [0, 0.05) is 20.2 Å². The van der Waals surface area contributed by atoms with Gasteiger partial charge in [0.1, 0.15) is 0 Å². The molecule has 0 aromatic heterocycles. The normalized spacial score (nSPS) is 10.5. The molecule has 1 N–H and O–H groups in total. The van der Waals surface area contributed by atoms with Gasteiger partial charge >= 0.3 is 5.97 Å². The zero-order valence-corrected chi connectivity index (χ0v) is 10.2. The van der Waals surface area contributed by atoms with Gasteiger partial charge in [-0.05, 0) is 5.92 Å². The Morgan fingerprint density at radius 2 is 1.94 bits per heavy atom. The maximum atomic E-state index is 11.5. The van der Waals surface area contributed by atoms with E-state index in [9.17, 15) is 9.59 Å². The molecular weight excluding hydrogens is 210 g/mol. The molecule has 0 bridgehead atoms. The number of ether oxygens (including phenoxy) is 1. The summed E-state index contributed by atoms with van der Waals surface area (Å²) in [6, 6.07) is 0. The van der Waals surface area contributed by atoms with Crippen molar-refractivity contribution in [3.63, 3.8) is 0 Å². The lowest BCUT2D eigenvalue weighted by Gasteiger charge is -2.16. The number of amides is 1. The zero-order valence-electron chi connectivity index (χ0n) is 10.2. The largest absolute Gasteiger partial charge is 0.481 e. The Labute approximate surface area is 96.4 Å². The fourth-order valence-corrected chi connectivity index (χ4v) is 1.06. The average Bonchev–Trinajstić information content (AvgIpc) is 2.20. The number of carboxylic acids is 1. The van der Waals surface area contributed by atoms with Crippen molar-refractivity contribution in [2.24, 2.45) is 5.92 Å². The minimum Gasteiger partial charge on any atom is -0.481 e. The van der Waals surface area contributed by atoms with Crippen LogP contribution in [0.2, 0.25) is 0 Å². The third-order valence-electron chi connectivity index (χ3n) is 2.00. The molecular formula is C11H21NO4. The average molecular weight is 231 g/mol. The Hall–Kier alpha value is -1.10. The number of carbonyl (C=O) groups is 2. The zero-order chi connectivity index (χ0) is 12.6. The van der Waals surface area contributed by atoms with Crippen LogP contribution in [-0.4, -0.2) is 48.7 Å². The van der Waals surface area contributed by atoms with Crippen molar-refractivity contribution in [3.8, 4) is 0 Å². The van der Waals surface area contributed by atoms with E-state index in [1.54, 1.807) is 7.05 Å². The summed E-state index contributed by atoms with van der Waals surface area (Å²) in [6.45, 7) is 5.38. The van der Waals surface area contributed by atoms with Gasteiger partial charge in [0.2, 0.25) is 5.91 Å². The maximum absolute atomic E-state index is 11.5. The second-order valence-electron chi connectivity index (χ2n) is 4.18. The summed E-state index contributed by atoms with van der Waals surface area (Å²) in [5.41, 5.74) is 0. The number of carbonyl (C=O) groups excluding carboxylic acids is 1. The first-order valence-corrected chi connectivity index (χ1v) is 5.47. The molecule has 0 saturated carbocycles. The van der Waals surface area contributed by atoms with Gasteiger partial charge in [0.15, 0.2) is 0 Å². The molecule has 0 aromatic carbocycles. The van der Waals surface area contributed by atoms with E-state index in [1.807, 2.05) is 13.8 Å². The maximum Gasteiger partial charge on any atom is 0.305 e. The third kappa shape index (κ3) is 8.23. The van der Waals surface area contributed by atoms with Crippen molar-refractivity contribution < 1.29 is 19.4 Å². The molecule has 5 heteroatoms. The molecule has 0 fully saturated rings. The summed E-state index contributed by atoms with van der Waals surface area (Å²) in [6.07, 6.45) is 0.290. The molecule has 0 unspecified atom stereocenters. The van der Waals surface area contributed by atoms with Gasteiger partial charge in [-0.1, -0.05) is 13.8 Å². The van der Waals surface area contributed by atoms with Gasteiger partial charge in [-0.2, -0.15) is 0 Å². The summed E-state index contributed by atoms with van der Waals surface area (Å²) in [5.74, 6) is -0.513. The summed E-state index contributed by atoms with van der Waals surface area (Å²) in [4.78, 5) is 23.2. The highest BCUT2D eigenvalue weighted by Gasteiger charge is 2.09. The number of hydrogen-bond donors (Lipinski definition) is 1. The smallest absolute Gasteiger partial charge is 0.305 e. The first-order chi connectivity index (χ1) is 7.43. The fourth-order valence-electron chi connectivity index (χ4n) is 1.06. The van der Waals surface area contributed by atoms with E-state index in [-0.39, 0.29) is 18.9 Å². The van der Waals surface area contributed by atoms with Crippen LogP contribution in [-0.2, 0) is 14.3 Å². The van der Waals surface area contributed by atoms with Crippen molar-refractivity contribution in [2.75, 3.05) is 26.8 Å². The molecule has 0 saturated heterocycles. The predicted molar refractivity (Wildman–Crippen MR) is 60.2 cm³/mol. The molecule has 0 aromatic rings. The lowest BCUT2D eigenvalue weighted by Crippen LogP contribution is -2.29. The second-order valence-corrected chi connectivity index (χ2v) is 4.18. The molecule has 0 spiro atoms. The van der Waals surface area contributed by atoms with Gasteiger partial charge in [0.05, 0.1) is 19.4 Å². The van der Waals surface area contributed by atoms with E-state index in [4.69, 9.17) is 9.84 Å². The molecule has 16 heavy (non-hydrogen) atoms. The molecule has 0 radical (unpaired) electrons. The van der Waals surface area contributed by atoms with Crippen LogP contribution in [0, 0.1) is 5.92 Å². The highest BCUT2D eigenvalue weighted by molar-refractivity contribution is 5.76. The quantitative estimate of drug-likeness (QED) is 0.632. The van der Waals surface area contributed by atoms with Crippen molar-refractivity contribution in [1.29, 1.82) is 0 Å². The molecule has 0 aliphatic carbocycles. The van der Waals surface area contributed by atoms with Crippen LogP contribution in [0.5, 0.6) is 0 Å². The summed E-state index contributed by atoms with van der Waals surface area (Å²) >= 11 is 0. The van der Waals surface area contributed by atoms with Crippen LogP contribution in [0.3, 0.4) is 0 Å². The van der Waals surface area contributed by atoms with Crippen LogP contribution < -0.4 is 0 Å². The number of nitrogens with zero attached hydrogens (tertiary/aromatic N) is 1. The van der Waals surface area contributed by atoms with Crippen LogP contribution in [0.15, 0.2) is 0 Å². The van der Waals surface area contributed by atoms with Crippen LogP contribution in [0.4, 0.5) is 0 Å². The lowest BCUT2D eigenvalue weighted by atomic mass is 10.2. The standard InChI is InChI=1S/C11H21NO4/c1-9(2)8-16-7-5-10(13)12(3)6-4-11(14)15/h9H,4-8H2,1-3H3,(H,14,15). The first-order valence-electron chi connectivity index (χ1n) is 5.47. The molecule has 94 valence electrons. The minimum absolute atomic E-state index is 0.0188. The molecule has 1 amide bonds. The number of carboxylic acid groups (broad SMARTS) is 1. The number of aliphatic carboxylic acids is 1. The number of hydrogen-bond acceptors (Lipinski definition) is 3. The van der Waals surface area contributed by atoms with E-state index in [1.165, 1.54) is 4.90 Å². The van der Waals surface area contributed by atoms with E-state index >= 15 is 0 Å². The number of rotatable bonds is 8. The van der Waals surface area contributed by atoms with Crippen molar-refractivity contribution in [3.05, 3.63) is 0 Å². The van der Waals surface area contributed by atoms with Crippen LogP contribution in [0.1, 0.15) is 26.7 Å².